The molecule has 0 rings (SSSR count). The highest BCUT2D eigenvalue weighted by atomic mass is 16.5. The minimum atomic E-state index is 0.288. The normalized spacial score (nSPS) is 11.8. The highest BCUT2D eigenvalue weighted by Crippen LogP contribution is 2.06. The van der Waals surface area contributed by atoms with Gasteiger partial charge in [-0.2, -0.15) is 0 Å². The molecule has 0 bridgehead atoms. The molecule has 12 heavy (non-hydrogen) atoms. The fourth-order valence-corrected chi connectivity index (χ4v) is 0.982. The molecular weight excluding hydrogens is 152 g/mol. The second-order valence-corrected chi connectivity index (χ2v) is 2.51. The van der Waals surface area contributed by atoms with Gasteiger partial charge < -0.3 is 9.47 Å². The van der Waals surface area contributed by atoms with Crippen molar-refractivity contribution in [2.45, 2.75) is 32.3 Å². The third kappa shape index (κ3) is 5.83. The summed E-state index contributed by atoms with van der Waals surface area (Å²) >= 11 is 0. The second-order valence-electron chi connectivity index (χ2n) is 2.51. The van der Waals surface area contributed by atoms with Gasteiger partial charge in [0.05, 0.1) is 25.2 Å². The van der Waals surface area contributed by atoms with Gasteiger partial charge in [-0.25, -0.2) is 0 Å². The Hall–Kier alpha value is -0.920. The second kappa shape index (κ2) is 8.18. The molecule has 70 valence electrons. The predicted octanol–water partition coefficient (Wildman–Crippen LogP) is 2.87. The van der Waals surface area contributed by atoms with E-state index in [2.05, 4.69) is 20.1 Å². The summed E-state index contributed by atoms with van der Waals surface area (Å²) in [5, 5.41) is 0. The van der Waals surface area contributed by atoms with Crippen molar-refractivity contribution in [1.82, 2.24) is 0 Å². The van der Waals surface area contributed by atoms with Gasteiger partial charge in [0, 0.05) is 0 Å². The van der Waals surface area contributed by atoms with Gasteiger partial charge in [0.25, 0.3) is 0 Å². The van der Waals surface area contributed by atoms with E-state index in [0.29, 0.717) is 0 Å². The molecule has 0 aliphatic heterocycles. The lowest BCUT2D eigenvalue weighted by atomic mass is 10.1. The molecule has 0 saturated heterocycles. The Morgan fingerprint density at radius 3 is 2.58 bits per heavy atom. The molecule has 0 fully saturated rings. The lowest BCUT2D eigenvalue weighted by molar-refractivity contribution is 0.120. The van der Waals surface area contributed by atoms with Crippen LogP contribution >= 0.6 is 0 Å². The Morgan fingerprint density at radius 1 is 1.33 bits per heavy atom. The van der Waals surface area contributed by atoms with Crippen molar-refractivity contribution < 1.29 is 9.47 Å². The zero-order valence-electron chi connectivity index (χ0n) is 7.79. The molecule has 1 atom stereocenters. The summed E-state index contributed by atoms with van der Waals surface area (Å²) < 4.78 is 10.2. The van der Waals surface area contributed by atoms with Gasteiger partial charge >= 0.3 is 0 Å². The van der Waals surface area contributed by atoms with Crippen molar-refractivity contribution in [3.05, 3.63) is 25.7 Å². The van der Waals surface area contributed by atoms with E-state index in [1.54, 1.807) is 0 Å². The van der Waals surface area contributed by atoms with E-state index in [-0.39, 0.29) is 6.10 Å². The van der Waals surface area contributed by atoms with Crippen LogP contribution in [0.1, 0.15) is 26.2 Å². The standard InChI is InChI=1S/C10H18O2/c1-4-10(12-6-3)8-7-9-11-5-2/h5-6,10H,2-4,7-9H2,1H3. The molecule has 0 saturated carbocycles. The van der Waals surface area contributed by atoms with Crippen LogP contribution in [0.5, 0.6) is 0 Å². The van der Waals surface area contributed by atoms with Crippen LogP contribution in [0.2, 0.25) is 0 Å². The smallest absolute Gasteiger partial charge is 0.0976 e. The SMILES string of the molecule is C=COCCCC(CC)OC=C. The molecule has 0 aromatic heterocycles. The Kier molecular flexibility index (Phi) is 7.55. The van der Waals surface area contributed by atoms with Gasteiger partial charge in [-0.15, -0.1) is 0 Å². The molecule has 0 spiro atoms. The summed E-state index contributed by atoms with van der Waals surface area (Å²) in [6, 6.07) is 0. The molecular formula is C10H18O2. The predicted molar refractivity (Wildman–Crippen MR) is 50.7 cm³/mol. The van der Waals surface area contributed by atoms with Gasteiger partial charge in [-0.05, 0) is 19.3 Å². The van der Waals surface area contributed by atoms with E-state index in [1.807, 2.05) is 0 Å². The van der Waals surface area contributed by atoms with E-state index in [4.69, 9.17) is 9.47 Å². The van der Waals surface area contributed by atoms with E-state index >= 15 is 0 Å². The minimum Gasteiger partial charge on any atom is -0.502 e. The zero-order chi connectivity index (χ0) is 9.23. The molecule has 0 amide bonds. The largest absolute Gasteiger partial charge is 0.502 e. The maximum absolute atomic E-state index is 5.25. The Labute approximate surface area is 74.9 Å². The van der Waals surface area contributed by atoms with Crippen LogP contribution in [0.25, 0.3) is 0 Å². The lowest BCUT2D eigenvalue weighted by Crippen LogP contribution is -2.08. The first-order chi connectivity index (χ1) is 5.85. The van der Waals surface area contributed by atoms with Crippen LogP contribution in [0.15, 0.2) is 25.7 Å². The van der Waals surface area contributed by atoms with Crippen molar-refractivity contribution in [3.63, 3.8) is 0 Å². The first-order valence-corrected chi connectivity index (χ1v) is 4.34. The fourth-order valence-electron chi connectivity index (χ4n) is 0.982. The highest BCUT2D eigenvalue weighted by molar-refractivity contribution is 4.61. The summed E-state index contributed by atoms with van der Waals surface area (Å²) in [5.41, 5.74) is 0. The van der Waals surface area contributed by atoms with Gasteiger partial charge in [0.15, 0.2) is 0 Å². The molecule has 0 aromatic rings. The average molecular weight is 170 g/mol. The zero-order valence-corrected chi connectivity index (χ0v) is 7.79. The van der Waals surface area contributed by atoms with Crippen molar-refractivity contribution in [1.29, 1.82) is 0 Å². The summed E-state index contributed by atoms with van der Waals surface area (Å²) in [7, 11) is 0. The maximum atomic E-state index is 5.25. The molecule has 0 heterocycles. The molecule has 1 unspecified atom stereocenters. The van der Waals surface area contributed by atoms with Gasteiger partial charge in [-0.1, -0.05) is 20.1 Å². The number of ether oxygens (including phenoxy) is 2. The maximum Gasteiger partial charge on any atom is 0.0976 e. The average Bonchev–Trinajstić information content (AvgIpc) is 2.10. The summed E-state index contributed by atoms with van der Waals surface area (Å²) in [6.07, 6.45) is 6.28. The Balaban J connectivity index is 3.30. The van der Waals surface area contributed by atoms with E-state index < -0.39 is 0 Å². The van der Waals surface area contributed by atoms with Crippen molar-refractivity contribution >= 4 is 0 Å². The van der Waals surface area contributed by atoms with Crippen LogP contribution < -0.4 is 0 Å². The molecule has 0 aliphatic rings. The summed E-state index contributed by atoms with van der Waals surface area (Å²) in [6.45, 7) is 9.81. The van der Waals surface area contributed by atoms with Crippen LogP contribution in [0.4, 0.5) is 0 Å². The number of hydrogen-bond acceptors (Lipinski definition) is 2. The minimum absolute atomic E-state index is 0.288. The lowest BCUT2D eigenvalue weighted by Gasteiger charge is -2.13. The van der Waals surface area contributed by atoms with E-state index in [9.17, 15) is 0 Å². The van der Waals surface area contributed by atoms with Crippen LogP contribution in [-0.4, -0.2) is 12.7 Å². The first kappa shape index (κ1) is 11.1. The monoisotopic (exact) mass is 170 g/mol. The van der Waals surface area contributed by atoms with Crippen molar-refractivity contribution in [3.8, 4) is 0 Å². The number of hydrogen-bond donors (Lipinski definition) is 0. The topological polar surface area (TPSA) is 18.5 Å². The molecule has 0 aliphatic carbocycles. The molecule has 0 aromatic carbocycles. The van der Waals surface area contributed by atoms with Gasteiger partial charge in [0.2, 0.25) is 0 Å². The summed E-state index contributed by atoms with van der Waals surface area (Å²) in [4.78, 5) is 0. The summed E-state index contributed by atoms with van der Waals surface area (Å²) in [5.74, 6) is 0. The Morgan fingerprint density at radius 2 is 2.08 bits per heavy atom. The third-order valence-corrected chi connectivity index (χ3v) is 1.65. The quantitative estimate of drug-likeness (QED) is 0.412. The van der Waals surface area contributed by atoms with Gasteiger partial charge in [-0.3, -0.25) is 0 Å². The molecule has 2 heteroatoms. The number of rotatable bonds is 8. The van der Waals surface area contributed by atoms with Crippen LogP contribution in [-0.2, 0) is 9.47 Å². The van der Waals surface area contributed by atoms with Crippen molar-refractivity contribution in [2.24, 2.45) is 0 Å². The fraction of sp³-hybridized carbons (Fsp3) is 0.600. The highest BCUT2D eigenvalue weighted by Gasteiger charge is 2.03. The van der Waals surface area contributed by atoms with E-state index in [1.165, 1.54) is 12.5 Å². The molecule has 0 N–H and O–H groups in total. The van der Waals surface area contributed by atoms with Crippen molar-refractivity contribution in [2.75, 3.05) is 6.61 Å². The molecule has 2 nitrogen and oxygen atoms in total. The molecule has 0 radical (unpaired) electrons. The first-order valence-electron chi connectivity index (χ1n) is 4.34. The van der Waals surface area contributed by atoms with Crippen LogP contribution in [0.3, 0.4) is 0 Å². The Bertz CT molecular complexity index is 121. The van der Waals surface area contributed by atoms with Crippen LogP contribution in [0, 0.1) is 0 Å². The third-order valence-electron chi connectivity index (χ3n) is 1.65. The van der Waals surface area contributed by atoms with E-state index in [0.717, 1.165) is 25.9 Å². The van der Waals surface area contributed by atoms with Gasteiger partial charge in [0.1, 0.15) is 0 Å².